The van der Waals surface area contributed by atoms with E-state index < -0.39 is 17.7 Å². The number of hydrogen-bond acceptors (Lipinski definition) is 2. The Hall–Kier alpha value is -2.56. The summed E-state index contributed by atoms with van der Waals surface area (Å²) < 4.78 is 43.4. The Morgan fingerprint density at radius 1 is 0.889 bits per heavy atom. The van der Waals surface area contributed by atoms with E-state index in [4.69, 9.17) is 4.74 Å². The molecule has 0 fully saturated rings. The molecule has 2 rings (SSSR count). The topological polar surface area (TPSA) is 26.3 Å². The second-order valence-electron chi connectivity index (χ2n) is 7.21. The van der Waals surface area contributed by atoms with Crippen molar-refractivity contribution in [2.24, 2.45) is 0 Å². The number of carbonyl (C=O) groups is 1. The van der Waals surface area contributed by atoms with E-state index in [-0.39, 0.29) is 12.0 Å². The van der Waals surface area contributed by atoms with Crippen LogP contribution in [-0.4, -0.2) is 12.6 Å². The number of benzene rings is 2. The number of carbonyl (C=O) groups excluding carboxylic acids is 1. The molecule has 0 bridgehead atoms. The predicted molar refractivity (Wildman–Crippen MR) is 100 cm³/mol. The Labute approximate surface area is 157 Å². The van der Waals surface area contributed by atoms with Gasteiger partial charge in [0.25, 0.3) is 0 Å². The molecular formula is C22H23F3O2. The summed E-state index contributed by atoms with van der Waals surface area (Å²) in [7, 11) is 0. The highest BCUT2D eigenvalue weighted by molar-refractivity contribution is 5.96. The molecular weight excluding hydrogens is 353 g/mol. The monoisotopic (exact) mass is 376 g/mol. The lowest BCUT2D eigenvalue weighted by Crippen LogP contribution is -2.10. The molecule has 0 saturated heterocycles. The average molecular weight is 376 g/mol. The molecule has 2 aromatic rings. The van der Waals surface area contributed by atoms with Gasteiger partial charge in [-0.3, -0.25) is 0 Å². The minimum absolute atomic E-state index is 0.0299. The van der Waals surface area contributed by atoms with Crippen LogP contribution in [0.2, 0.25) is 0 Å². The van der Waals surface area contributed by atoms with Gasteiger partial charge in [-0.2, -0.15) is 13.2 Å². The van der Waals surface area contributed by atoms with Crippen molar-refractivity contribution in [2.45, 2.75) is 39.3 Å². The standard InChI is InChI=1S/C22H23F3O2/c1-5-27-20(26)14-19(15-6-10-17(11-7-15)21(2,3)4)16-8-12-18(13-9-16)22(23,24)25/h6-14H,5H2,1-4H3. The molecule has 0 N–H and O–H groups in total. The third kappa shape index (κ3) is 5.46. The molecule has 2 nitrogen and oxygen atoms in total. The summed E-state index contributed by atoms with van der Waals surface area (Å²) in [6, 6.07) is 12.4. The first-order valence-electron chi connectivity index (χ1n) is 8.69. The van der Waals surface area contributed by atoms with Crippen LogP contribution >= 0.6 is 0 Å². The van der Waals surface area contributed by atoms with Gasteiger partial charge in [-0.15, -0.1) is 0 Å². The van der Waals surface area contributed by atoms with Crippen LogP contribution in [-0.2, 0) is 21.1 Å². The van der Waals surface area contributed by atoms with E-state index >= 15 is 0 Å². The molecule has 0 amide bonds. The zero-order valence-electron chi connectivity index (χ0n) is 15.9. The van der Waals surface area contributed by atoms with Crippen molar-refractivity contribution in [3.8, 4) is 0 Å². The van der Waals surface area contributed by atoms with Gasteiger partial charge in [0.15, 0.2) is 0 Å². The summed E-state index contributed by atoms with van der Waals surface area (Å²) >= 11 is 0. The summed E-state index contributed by atoms with van der Waals surface area (Å²) in [5.74, 6) is -0.535. The van der Waals surface area contributed by atoms with Crippen LogP contribution in [0.25, 0.3) is 5.57 Å². The second-order valence-corrected chi connectivity index (χ2v) is 7.21. The lowest BCUT2D eigenvalue weighted by atomic mass is 9.85. The van der Waals surface area contributed by atoms with Crippen molar-refractivity contribution >= 4 is 11.5 Å². The fourth-order valence-electron chi connectivity index (χ4n) is 2.62. The van der Waals surface area contributed by atoms with E-state index in [1.807, 2.05) is 24.3 Å². The van der Waals surface area contributed by atoms with Crippen molar-refractivity contribution in [1.29, 1.82) is 0 Å². The lowest BCUT2D eigenvalue weighted by Gasteiger charge is -2.19. The Balaban J connectivity index is 2.48. The van der Waals surface area contributed by atoms with Crippen LogP contribution in [0.5, 0.6) is 0 Å². The fourth-order valence-corrected chi connectivity index (χ4v) is 2.62. The van der Waals surface area contributed by atoms with Crippen LogP contribution in [0.3, 0.4) is 0 Å². The number of alkyl halides is 3. The number of rotatable bonds is 4. The second kappa shape index (κ2) is 7.99. The Bertz CT molecular complexity index is 749. The lowest BCUT2D eigenvalue weighted by molar-refractivity contribution is -0.138. The van der Waals surface area contributed by atoms with E-state index in [2.05, 4.69) is 20.8 Å². The van der Waals surface area contributed by atoms with Crippen LogP contribution in [0.1, 0.15) is 49.9 Å². The third-order valence-corrected chi connectivity index (χ3v) is 4.13. The van der Waals surface area contributed by atoms with E-state index in [9.17, 15) is 18.0 Å². The zero-order valence-corrected chi connectivity index (χ0v) is 15.9. The summed E-state index contributed by atoms with van der Waals surface area (Å²) in [5, 5.41) is 0. The van der Waals surface area contributed by atoms with Gasteiger partial charge in [0, 0.05) is 6.08 Å². The molecule has 0 spiro atoms. The molecule has 27 heavy (non-hydrogen) atoms. The largest absolute Gasteiger partial charge is 0.463 e. The van der Waals surface area contributed by atoms with Gasteiger partial charge in [-0.1, -0.05) is 57.2 Å². The fraction of sp³-hybridized carbons (Fsp3) is 0.318. The third-order valence-electron chi connectivity index (χ3n) is 4.13. The molecule has 0 unspecified atom stereocenters. The number of esters is 1. The highest BCUT2D eigenvalue weighted by Gasteiger charge is 2.30. The van der Waals surface area contributed by atoms with E-state index in [1.54, 1.807) is 6.92 Å². The predicted octanol–water partition coefficient (Wildman–Crippen LogP) is 6.00. The van der Waals surface area contributed by atoms with Crippen LogP contribution < -0.4 is 0 Å². The molecule has 0 aliphatic heterocycles. The molecule has 0 aliphatic carbocycles. The Morgan fingerprint density at radius 3 is 1.70 bits per heavy atom. The summed E-state index contributed by atoms with van der Waals surface area (Å²) in [5.41, 5.74) is 2.12. The van der Waals surface area contributed by atoms with Gasteiger partial charge in [0.05, 0.1) is 12.2 Å². The normalized spacial score (nSPS) is 12.8. The molecule has 0 saturated carbocycles. The maximum atomic E-state index is 12.8. The maximum absolute atomic E-state index is 12.8. The first kappa shape index (κ1) is 20.7. The smallest absolute Gasteiger partial charge is 0.416 e. The number of hydrogen-bond donors (Lipinski definition) is 0. The highest BCUT2D eigenvalue weighted by Crippen LogP contribution is 2.32. The van der Waals surface area contributed by atoms with Crippen LogP contribution in [0.15, 0.2) is 54.6 Å². The quantitative estimate of drug-likeness (QED) is 0.483. The van der Waals surface area contributed by atoms with Gasteiger partial charge < -0.3 is 4.74 Å². The summed E-state index contributed by atoms with van der Waals surface area (Å²) in [6.07, 6.45) is -3.09. The van der Waals surface area contributed by atoms with Gasteiger partial charge in [0.1, 0.15) is 0 Å². The molecule has 0 atom stereocenters. The molecule has 144 valence electrons. The minimum Gasteiger partial charge on any atom is -0.463 e. The molecule has 0 heterocycles. The number of ether oxygens (including phenoxy) is 1. The summed E-state index contributed by atoms with van der Waals surface area (Å²) in [4.78, 5) is 12.0. The Kier molecular flexibility index (Phi) is 6.14. The summed E-state index contributed by atoms with van der Waals surface area (Å²) in [6.45, 7) is 8.19. The van der Waals surface area contributed by atoms with Gasteiger partial charge in [0.2, 0.25) is 0 Å². The van der Waals surface area contributed by atoms with Crippen molar-refractivity contribution in [3.63, 3.8) is 0 Å². The van der Waals surface area contributed by atoms with Crippen molar-refractivity contribution in [3.05, 3.63) is 76.9 Å². The van der Waals surface area contributed by atoms with E-state index in [0.717, 1.165) is 23.3 Å². The molecule has 2 aromatic carbocycles. The molecule has 5 heteroatoms. The van der Waals surface area contributed by atoms with Crippen molar-refractivity contribution in [2.75, 3.05) is 6.61 Å². The van der Waals surface area contributed by atoms with Crippen molar-refractivity contribution in [1.82, 2.24) is 0 Å². The van der Waals surface area contributed by atoms with Crippen LogP contribution in [0.4, 0.5) is 13.2 Å². The minimum atomic E-state index is -4.40. The average Bonchev–Trinajstić information content (AvgIpc) is 2.59. The zero-order chi connectivity index (χ0) is 20.2. The maximum Gasteiger partial charge on any atom is 0.416 e. The number of halogens is 3. The van der Waals surface area contributed by atoms with Gasteiger partial charge >= 0.3 is 12.1 Å². The molecule has 0 aliphatic rings. The highest BCUT2D eigenvalue weighted by atomic mass is 19.4. The molecule has 0 aromatic heterocycles. The SMILES string of the molecule is CCOC(=O)C=C(c1ccc(C(C)(C)C)cc1)c1ccc(C(F)(F)F)cc1. The van der Waals surface area contributed by atoms with Gasteiger partial charge in [-0.25, -0.2) is 4.79 Å². The first-order chi connectivity index (χ1) is 12.5. The Morgan fingerprint density at radius 2 is 1.33 bits per heavy atom. The van der Waals surface area contributed by atoms with Gasteiger partial charge in [-0.05, 0) is 46.7 Å². The van der Waals surface area contributed by atoms with E-state index in [1.165, 1.54) is 18.2 Å². The first-order valence-corrected chi connectivity index (χ1v) is 8.69. The van der Waals surface area contributed by atoms with Crippen LogP contribution in [0, 0.1) is 0 Å². The molecule has 0 radical (unpaired) electrons. The van der Waals surface area contributed by atoms with Crippen molar-refractivity contribution < 1.29 is 22.7 Å². The van der Waals surface area contributed by atoms with E-state index in [0.29, 0.717) is 11.1 Å².